The van der Waals surface area contributed by atoms with Crippen molar-refractivity contribution in [2.75, 3.05) is 25.3 Å². The number of carbonyl (C=O) groups excluding carboxylic acids is 2. The van der Waals surface area contributed by atoms with Crippen LogP contribution in [0.4, 0.5) is 14.6 Å². The number of hydrogen-bond donors (Lipinski definition) is 3. The summed E-state index contributed by atoms with van der Waals surface area (Å²) in [5, 5.41) is 0. The highest BCUT2D eigenvalue weighted by atomic mass is 32.7. The Morgan fingerprint density at radius 3 is 2.31 bits per heavy atom. The number of aromatic amines is 1. The minimum absolute atomic E-state index is 0.00391. The Morgan fingerprint density at radius 2 is 1.56 bits per heavy atom. The molecule has 10 atom stereocenters. The van der Waals surface area contributed by atoms with E-state index in [4.69, 9.17) is 43.0 Å². The molecule has 2 bridgehead atoms. The summed E-state index contributed by atoms with van der Waals surface area (Å²) in [4.78, 5) is 71.9. The zero-order valence-electron chi connectivity index (χ0n) is 37.1. The van der Waals surface area contributed by atoms with Crippen LogP contribution in [-0.4, -0.2) is 112 Å². The van der Waals surface area contributed by atoms with Crippen molar-refractivity contribution in [1.82, 2.24) is 39.0 Å². The summed E-state index contributed by atoms with van der Waals surface area (Å²) < 4.78 is 110. The summed E-state index contributed by atoms with van der Waals surface area (Å²) in [5.74, 6) is -0.414. The normalized spacial score (nSPS) is 28.4. The van der Waals surface area contributed by atoms with E-state index in [1.165, 1.54) is 54.2 Å². The van der Waals surface area contributed by atoms with Crippen LogP contribution in [0.1, 0.15) is 66.8 Å². The van der Waals surface area contributed by atoms with Crippen molar-refractivity contribution in [3.8, 4) is 11.5 Å². The Balaban J connectivity index is 0.943. The number of aromatic nitrogens is 8. The number of nitrogens with two attached hydrogens (primary N) is 1. The van der Waals surface area contributed by atoms with Crippen molar-refractivity contribution < 1.29 is 69.6 Å². The lowest BCUT2D eigenvalue weighted by molar-refractivity contribution is -0.134. The third-order valence-electron chi connectivity index (χ3n) is 11.4. The predicted molar refractivity (Wildman–Crippen MR) is 243 cm³/mol. The van der Waals surface area contributed by atoms with Gasteiger partial charge in [-0.05, 0) is 55.3 Å². The lowest BCUT2D eigenvalue weighted by Gasteiger charge is -2.26. The minimum Gasteiger partial charge on any atom is -0.427 e. The Bertz CT molecular complexity index is 3040. The first-order chi connectivity index (χ1) is 33.6. The number of nitrogen functional groups attached to an aromatic ring is 1. The highest BCUT2D eigenvalue weighted by Gasteiger charge is 2.54. The number of aryl methyl sites for hydroxylation is 1. The summed E-state index contributed by atoms with van der Waals surface area (Å²) in [6.07, 6.45) is -8.57. The molecular formula is C42H45F2N9O14P2S. The summed E-state index contributed by atoms with van der Waals surface area (Å²) in [5.41, 5.74) is 6.12. The number of rotatable bonds is 12. The van der Waals surface area contributed by atoms with Crippen LogP contribution >= 0.6 is 25.8 Å². The monoisotopic (exact) mass is 1030 g/mol. The molecule has 28 heteroatoms. The first-order valence-electron chi connectivity index (χ1n) is 21.8. The number of fused-ring (bicyclic) bond motifs is 5. The third-order valence-corrected chi connectivity index (χ3v) is 16.5. The third kappa shape index (κ3) is 10.7. The average molecular weight is 1030 g/mol. The molecule has 2 unspecified atom stereocenters. The van der Waals surface area contributed by atoms with Gasteiger partial charge in [0, 0.05) is 12.2 Å². The highest BCUT2D eigenvalue weighted by Crippen LogP contribution is 2.62. The van der Waals surface area contributed by atoms with Crippen LogP contribution in [0.25, 0.3) is 22.3 Å². The van der Waals surface area contributed by atoms with Crippen molar-refractivity contribution in [3.05, 3.63) is 94.8 Å². The molecule has 0 radical (unpaired) electrons. The van der Waals surface area contributed by atoms with Crippen molar-refractivity contribution in [2.45, 2.75) is 94.5 Å². The molecule has 3 saturated heterocycles. The van der Waals surface area contributed by atoms with Gasteiger partial charge in [0.15, 0.2) is 47.4 Å². The summed E-state index contributed by atoms with van der Waals surface area (Å²) in [6.45, 7) is -2.26. The quantitative estimate of drug-likeness (QED) is 0.0546. The minimum atomic E-state index is -5.27. The molecule has 7 heterocycles. The van der Waals surface area contributed by atoms with E-state index in [9.17, 15) is 28.4 Å². The van der Waals surface area contributed by atoms with Gasteiger partial charge >= 0.3 is 19.8 Å². The summed E-state index contributed by atoms with van der Waals surface area (Å²) in [7, 11) is -5.27. The maximum atomic E-state index is 16.7. The predicted octanol–water partition coefficient (Wildman–Crippen LogP) is 6.03. The van der Waals surface area contributed by atoms with Gasteiger partial charge in [-0.3, -0.25) is 32.3 Å². The molecule has 0 saturated carbocycles. The number of halogens is 2. The fourth-order valence-corrected chi connectivity index (χ4v) is 12.1. The molecule has 2 aromatic carbocycles. The number of hydrogen-bond acceptors (Lipinski definition) is 20. The van der Waals surface area contributed by atoms with Crippen LogP contribution in [0.15, 0.2) is 72.3 Å². The number of benzene rings is 2. The number of nitrogens with one attached hydrogen (secondary N) is 1. The van der Waals surface area contributed by atoms with E-state index in [1.54, 1.807) is 12.1 Å². The second kappa shape index (κ2) is 20.7. The van der Waals surface area contributed by atoms with E-state index in [2.05, 4.69) is 29.9 Å². The number of alkyl halides is 2. The molecular weight excluding hydrogens is 987 g/mol. The Labute approximate surface area is 399 Å². The number of phosphoric ester groups is 1. The topological polar surface area (TPSA) is 296 Å². The molecule has 23 nitrogen and oxygen atoms in total. The first-order valence-corrected chi connectivity index (χ1v) is 26.7. The van der Waals surface area contributed by atoms with E-state index in [-0.39, 0.29) is 63.4 Å². The van der Waals surface area contributed by atoms with Gasteiger partial charge in [-0.15, -0.1) is 0 Å². The van der Waals surface area contributed by atoms with Crippen molar-refractivity contribution in [3.63, 3.8) is 0 Å². The molecule has 0 amide bonds. The zero-order chi connectivity index (χ0) is 49.3. The van der Waals surface area contributed by atoms with E-state index < -0.39 is 94.7 Å². The van der Waals surface area contributed by atoms with Crippen LogP contribution < -0.4 is 20.8 Å². The van der Waals surface area contributed by atoms with Gasteiger partial charge in [0.25, 0.3) is 12.1 Å². The standard InChI is InChI=1S/C42H45F2N9O14P2S/c1-3-4-5-6-29(54)63-25-13-9-24(10-14-25)42(56)64-26-11-7-23(8-12-26)17-70-68(57)21-60-34-28(66-40(31(34)44)52-19-48-32-36(45)46-18-47-37(32)52)16-62-69(58,59)67-35-30(43)27(15-61-68)65-41(35)53-20-49-33-38(53)50-22(2)51-39(33)55/h7-14,18-20,27-28,30-31,34-35,40-41H,3-6,15-17,21H2,1-2H3,(H,58,59)(H2,45,46,47)(H,50,51,55)/t27-,28-,30-,31-,34-,35-,40-,41-,68?/m1/s1. The lowest BCUT2D eigenvalue weighted by Crippen LogP contribution is -2.36. The van der Waals surface area contributed by atoms with E-state index in [1.807, 2.05) is 6.92 Å². The van der Waals surface area contributed by atoms with E-state index in [0.717, 1.165) is 47.9 Å². The summed E-state index contributed by atoms with van der Waals surface area (Å²) >= 11 is 0.775. The molecule has 6 aromatic rings. The van der Waals surface area contributed by atoms with Crippen LogP contribution in [0.5, 0.6) is 11.5 Å². The first kappa shape index (κ1) is 49.5. The van der Waals surface area contributed by atoms with E-state index in [0.29, 0.717) is 11.3 Å². The van der Waals surface area contributed by atoms with Gasteiger partial charge in [0.1, 0.15) is 59.9 Å². The van der Waals surface area contributed by atoms with Gasteiger partial charge in [-0.25, -0.2) is 43.1 Å². The fraction of sp³-hybridized carbons (Fsp3) is 0.429. The maximum absolute atomic E-state index is 16.7. The molecule has 4 N–H and O–H groups in total. The molecule has 372 valence electrons. The number of H-pyrrole nitrogens is 1. The van der Waals surface area contributed by atoms with E-state index >= 15 is 8.78 Å². The number of anilines is 1. The molecule has 0 spiro atoms. The van der Waals surface area contributed by atoms with Crippen LogP contribution in [0, 0.1) is 6.92 Å². The van der Waals surface area contributed by atoms with Gasteiger partial charge in [0.05, 0.1) is 31.4 Å². The smallest absolute Gasteiger partial charge is 0.427 e. The van der Waals surface area contributed by atoms with Crippen molar-refractivity contribution in [2.24, 2.45) is 0 Å². The summed E-state index contributed by atoms with van der Waals surface area (Å²) in [6, 6.07) is 12.2. The second-order valence-corrected chi connectivity index (χ2v) is 22.5. The SMILES string of the molecule is CCCCCC(=O)Oc1ccc(C(=O)Oc2ccc(CSP3(=O)CO[C@H]4[C@@H](F)[C@H](n5cnc6c(N)ncnc65)O[C@@H]4COP(=O)(O)O[C@@H]4[C@H](F)[C@@H](CO3)O[C@H]4n3cnc4c(=O)[nH]c(C)nc43)cc2)cc1. The van der Waals surface area contributed by atoms with Gasteiger partial charge in [0.2, 0.25) is 0 Å². The van der Waals surface area contributed by atoms with Crippen molar-refractivity contribution in [1.29, 1.82) is 0 Å². The molecule has 0 aliphatic carbocycles. The van der Waals surface area contributed by atoms with Crippen LogP contribution in [0.2, 0.25) is 0 Å². The number of unbranched alkanes of at least 4 members (excludes halogenated alkanes) is 2. The maximum Gasteiger partial charge on any atom is 0.472 e. The molecule has 70 heavy (non-hydrogen) atoms. The fourth-order valence-electron chi connectivity index (χ4n) is 7.88. The number of carbonyl (C=O) groups is 2. The lowest BCUT2D eigenvalue weighted by atomic mass is 10.1. The van der Waals surface area contributed by atoms with Crippen LogP contribution in [0.3, 0.4) is 0 Å². The number of nitrogens with zero attached hydrogens (tertiary/aromatic N) is 7. The van der Waals surface area contributed by atoms with Crippen molar-refractivity contribution >= 4 is 65.9 Å². The van der Waals surface area contributed by atoms with Crippen LogP contribution in [-0.2, 0) is 47.5 Å². The molecule has 3 aliphatic rings. The second-order valence-electron chi connectivity index (χ2n) is 16.3. The highest BCUT2D eigenvalue weighted by molar-refractivity contribution is 8.56. The molecule has 4 aromatic heterocycles. The number of imidazole rings is 2. The Hall–Kier alpha value is -5.53. The van der Waals surface area contributed by atoms with Gasteiger partial charge in [-0.2, -0.15) is 0 Å². The zero-order valence-corrected chi connectivity index (χ0v) is 39.8. The molecule has 3 fully saturated rings. The van der Waals surface area contributed by atoms with Gasteiger partial charge < -0.3 is 43.8 Å². The Kier molecular flexibility index (Phi) is 14.6. The number of phosphoric acid groups is 1. The Morgan fingerprint density at radius 1 is 0.871 bits per heavy atom. The average Bonchev–Trinajstić information content (AvgIpc) is 4.10. The number of ether oxygens (including phenoxy) is 5. The number of esters is 2. The molecule has 3 aliphatic heterocycles. The largest absolute Gasteiger partial charge is 0.472 e. The van der Waals surface area contributed by atoms with Gasteiger partial charge in [-0.1, -0.05) is 43.3 Å². The molecule has 9 rings (SSSR count).